The second-order valence-electron chi connectivity index (χ2n) is 3.17. The molecule has 1 aromatic carbocycles. The van der Waals surface area contributed by atoms with Crippen LogP contribution in [-0.2, 0) is 14.3 Å². The summed E-state index contributed by atoms with van der Waals surface area (Å²) in [6.07, 6.45) is 4.93. The fourth-order valence-electron chi connectivity index (χ4n) is 1.02. The largest absolute Gasteiger partial charge is 0.451 e. The lowest BCUT2D eigenvalue weighted by atomic mass is 10.2. The molecule has 18 heavy (non-hydrogen) atoms. The van der Waals surface area contributed by atoms with Gasteiger partial charge < -0.3 is 9.47 Å². The molecule has 0 saturated carbocycles. The van der Waals surface area contributed by atoms with Crippen molar-refractivity contribution in [2.45, 2.75) is 0 Å². The predicted octanol–water partition coefficient (Wildman–Crippen LogP) is 1.88. The van der Waals surface area contributed by atoms with E-state index in [1.807, 2.05) is 0 Å². The Bertz CT molecular complexity index is 489. The second-order valence-corrected chi connectivity index (χ2v) is 3.60. The first-order valence-corrected chi connectivity index (χ1v) is 5.51. The molecule has 0 amide bonds. The number of rotatable bonds is 4. The molecule has 0 aromatic heterocycles. The van der Waals surface area contributed by atoms with E-state index in [0.29, 0.717) is 5.02 Å². The first-order chi connectivity index (χ1) is 8.72. The van der Waals surface area contributed by atoms with Crippen molar-refractivity contribution in [1.29, 1.82) is 0 Å². The minimum absolute atomic E-state index is 0.0430. The molecule has 0 bridgehead atoms. The minimum atomic E-state index is -0.499. The molecule has 4 heteroatoms. The Kier molecular flexibility index (Phi) is 6.43. The van der Waals surface area contributed by atoms with Crippen LogP contribution in [0, 0.1) is 24.2 Å². The molecule has 0 N–H and O–H groups in total. The maximum atomic E-state index is 11.0. The summed E-state index contributed by atoms with van der Waals surface area (Å²) in [7, 11) is 0. The zero-order valence-electron chi connectivity index (χ0n) is 9.61. The van der Waals surface area contributed by atoms with Crippen LogP contribution in [0.5, 0.6) is 0 Å². The van der Waals surface area contributed by atoms with Crippen LogP contribution < -0.4 is 0 Å². The average Bonchev–Trinajstić information content (AvgIpc) is 2.38. The molecule has 92 valence electrons. The molecule has 0 radical (unpaired) electrons. The number of ether oxygens (including phenoxy) is 2. The fourth-order valence-corrected chi connectivity index (χ4v) is 1.15. The lowest BCUT2D eigenvalue weighted by Crippen LogP contribution is -2.12. The number of terminal acetylenes is 1. The second kappa shape index (κ2) is 8.20. The Balaban J connectivity index is 2.24. The van der Waals surface area contributed by atoms with Crippen molar-refractivity contribution in [1.82, 2.24) is 0 Å². The van der Waals surface area contributed by atoms with E-state index >= 15 is 0 Å². The molecular weight excluding hydrogens is 252 g/mol. The van der Waals surface area contributed by atoms with Gasteiger partial charge in [-0.25, -0.2) is 4.79 Å². The first kappa shape index (κ1) is 14.1. The van der Waals surface area contributed by atoms with Crippen molar-refractivity contribution < 1.29 is 14.3 Å². The van der Waals surface area contributed by atoms with Crippen molar-refractivity contribution in [3.8, 4) is 24.2 Å². The van der Waals surface area contributed by atoms with Crippen LogP contribution in [0.3, 0.4) is 0 Å². The summed E-state index contributed by atoms with van der Waals surface area (Å²) in [5.74, 6) is 7.33. The van der Waals surface area contributed by atoms with E-state index in [4.69, 9.17) is 22.8 Å². The molecule has 1 aromatic rings. The summed E-state index contributed by atoms with van der Waals surface area (Å²) in [4.78, 5) is 11.0. The Morgan fingerprint density at radius 1 is 1.28 bits per heavy atom. The Hall–Kier alpha value is -1.94. The topological polar surface area (TPSA) is 35.5 Å². The van der Waals surface area contributed by atoms with Gasteiger partial charge in [-0.3, -0.25) is 0 Å². The van der Waals surface area contributed by atoms with Gasteiger partial charge in [0.25, 0.3) is 0 Å². The maximum Gasteiger partial charge on any atom is 0.333 e. The van der Waals surface area contributed by atoms with Crippen LogP contribution in [0.1, 0.15) is 5.56 Å². The zero-order valence-corrected chi connectivity index (χ0v) is 10.4. The molecule has 1 rings (SSSR count). The summed E-state index contributed by atoms with van der Waals surface area (Å²) < 4.78 is 9.60. The summed E-state index contributed by atoms with van der Waals surface area (Å²) >= 11 is 5.73. The van der Waals surface area contributed by atoms with Crippen molar-refractivity contribution in [2.24, 2.45) is 0 Å². The van der Waals surface area contributed by atoms with Crippen molar-refractivity contribution in [3.05, 3.63) is 34.9 Å². The summed E-state index contributed by atoms with van der Waals surface area (Å²) in [6, 6.07) is 7.11. The van der Waals surface area contributed by atoms with Crippen LogP contribution in [0.2, 0.25) is 5.02 Å². The normalized spacial score (nSPS) is 8.89. The van der Waals surface area contributed by atoms with Crippen LogP contribution in [0.15, 0.2) is 24.3 Å². The molecule has 0 aliphatic carbocycles. The lowest BCUT2D eigenvalue weighted by Gasteiger charge is -1.99. The highest BCUT2D eigenvalue weighted by Crippen LogP contribution is 2.08. The predicted molar refractivity (Wildman–Crippen MR) is 68.9 cm³/mol. The molecule has 0 unspecified atom stereocenters. The molecule has 0 fully saturated rings. The first-order valence-electron chi connectivity index (χ1n) is 5.13. The number of carbonyl (C=O) groups excluding carboxylic acids is 1. The standard InChI is InChI=1S/C14H11ClO3/c1-2-9-18-14(16)11-17-10-3-4-12-5-7-13(15)8-6-12/h1,5-8H,9-11H2. The van der Waals surface area contributed by atoms with Crippen LogP contribution in [-0.4, -0.2) is 25.8 Å². The zero-order chi connectivity index (χ0) is 13.2. The third-order valence-electron chi connectivity index (χ3n) is 1.79. The number of esters is 1. The van der Waals surface area contributed by atoms with Crippen molar-refractivity contribution >= 4 is 17.6 Å². The van der Waals surface area contributed by atoms with Crippen LogP contribution in [0.25, 0.3) is 0 Å². The highest BCUT2D eigenvalue weighted by Gasteiger charge is 1.99. The maximum absolute atomic E-state index is 11.0. The van der Waals surface area contributed by atoms with Crippen molar-refractivity contribution in [3.63, 3.8) is 0 Å². The third kappa shape index (κ3) is 5.96. The van der Waals surface area contributed by atoms with Gasteiger partial charge in [0.15, 0.2) is 6.61 Å². The van der Waals surface area contributed by atoms with Crippen molar-refractivity contribution in [2.75, 3.05) is 19.8 Å². The Morgan fingerprint density at radius 3 is 2.67 bits per heavy atom. The van der Waals surface area contributed by atoms with E-state index in [-0.39, 0.29) is 19.8 Å². The average molecular weight is 263 g/mol. The number of hydrogen-bond donors (Lipinski definition) is 0. The molecule has 0 spiro atoms. The van der Waals surface area contributed by atoms with Crippen LogP contribution >= 0.6 is 11.6 Å². The van der Waals surface area contributed by atoms with E-state index in [0.717, 1.165) is 5.56 Å². The third-order valence-corrected chi connectivity index (χ3v) is 2.04. The van der Waals surface area contributed by atoms with E-state index < -0.39 is 5.97 Å². The molecule has 0 atom stereocenters. The summed E-state index contributed by atoms with van der Waals surface area (Å²) in [5.41, 5.74) is 0.831. The Labute approximate surface area is 111 Å². The van der Waals surface area contributed by atoms with E-state index in [9.17, 15) is 4.79 Å². The van der Waals surface area contributed by atoms with Gasteiger partial charge in [0, 0.05) is 10.6 Å². The van der Waals surface area contributed by atoms with E-state index in [1.54, 1.807) is 24.3 Å². The smallest absolute Gasteiger partial charge is 0.333 e. The summed E-state index contributed by atoms with van der Waals surface area (Å²) in [5, 5.41) is 0.660. The van der Waals surface area contributed by atoms with Gasteiger partial charge in [-0.15, -0.1) is 6.42 Å². The molecule has 0 saturated heterocycles. The number of halogens is 1. The monoisotopic (exact) mass is 262 g/mol. The highest BCUT2D eigenvalue weighted by molar-refractivity contribution is 6.30. The fraction of sp³-hybridized carbons (Fsp3) is 0.214. The highest BCUT2D eigenvalue weighted by atomic mass is 35.5. The molecule has 0 aliphatic rings. The van der Waals surface area contributed by atoms with Gasteiger partial charge in [-0.05, 0) is 24.3 Å². The SMILES string of the molecule is C#CCOC(=O)COCC#Cc1ccc(Cl)cc1. The van der Waals surface area contributed by atoms with Crippen LogP contribution in [0.4, 0.5) is 0 Å². The molecule has 3 nitrogen and oxygen atoms in total. The minimum Gasteiger partial charge on any atom is -0.451 e. The van der Waals surface area contributed by atoms with Gasteiger partial charge >= 0.3 is 5.97 Å². The molecular formula is C14H11ClO3. The van der Waals surface area contributed by atoms with Gasteiger partial charge in [-0.1, -0.05) is 29.4 Å². The molecule has 0 heterocycles. The van der Waals surface area contributed by atoms with Gasteiger partial charge in [0.05, 0.1) is 0 Å². The molecule has 0 aliphatic heterocycles. The summed E-state index contributed by atoms with van der Waals surface area (Å²) in [6.45, 7) is -0.0522. The van der Waals surface area contributed by atoms with E-state index in [2.05, 4.69) is 22.5 Å². The number of hydrogen-bond acceptors (Lipinski definition) is 3. The number of carbonyl (C=O) groups is 1. The number of benzene rings is 1. The Morgan fingerprint density at radius 2 is 2.00 bits per heavy atom. The quantitative estimate of drug-likeness (QED) is 0.472. The lowest BCUT2D eigenvalue weighted by molar-refractivity contribution is -0.146. The van der Waals surface area contributed by atoms with E-state index in [1.165, 1.54) is 0 Å². The van der Waals surface area contributed by atoms with Gasteiger partial charge in [0.1, 0.15) is 13.2 Å². The van der Waals surface area contributed by atoms with Gasteiger partial charge in [-0.2, -0.15) is 0 Å². The van der Waals surface area contributed by atoms with Gasteiger partial charge in [0.2, 0.25) is 0 Å².